The van der Waals surface area contributed by atoms with Gasteiger partial charge in [-0.3, -0.25) is 9.35 Å². The summed E-state index contributed by atoms with van der Waals surface area (Å²) in [6.07, 6.45) is 3.24. The van der Waals surface area contributed by atoms with Crippen LogP contribution in [-0.4, -0.2) is 43.0 Å². The summed E-state index contributed by atoms with van der Waals surface area (Å²) in [5.41, 5.74) is 2.81. The minimum Gasteiger partial charge on any atom is -0.507 e. The number of nitrogens with zero attached hydrogens (tertiary/aromatic N) is 3. The highest BCUT2D eigenvalue weighted by atomic mass is 35.5. The zero-order chi connectivity index (χ0) is 25.6. The van der Waals surface area contributed by atoms with Gasteiger partial charge in [0.1, 0.15) is 11.6 Å². The maximum absolute atomic E-state index is 14.8. The Morgan fingerprint density at radius 1 is 1.00 bits per heavy atom. The number of aromatic hydroxyl groups is 1. The fraction of sp³-hybridized carbons (Fsp3) is 0.192. The van der Waals surface area contributed by atoms with E-state index in [0.717, 1.165) is 5.69 Å². The molecule has 2 heterocycles. The predicted octanol–water partition coefficient (Wildman–Crippen LogP) is 4.87. The molecule has 1 aromatic heterocycles. The van der Waals surface area contributed by atoms with Crippen LogP contribution in [0.4, 0.5) is 10.1 Å². The fourth-order valence-corrected chi connectivity index (χ4v) is 5.92. The van der Waals surface area contributed by atoms with E-state index in [1.807, 2.05) is 23.1 Å². The van der Waals surface area contributed by atoms with Crippen molar-refractivity contribution in [3.05, 3.63) is 88.3 Å². The summed E-state index contributed by atoms with van der Waals surface area (Å²) >= 11 is 6.49. The number of phenols is 1. The lowest BCUT2D eigenvalue weighted by atomic mass is 9.96. The summed E-state index contributed by atoms with van der Waals surface area (Å²) in [4.78, 5) is 14.3. The van der Waals surface area contributed by atoms with Gasteiger partial charge in [-0.05, 0) is 47.5 Å². The smallest absolute Gasteiger partial charge is 0.332 e. The van der Waals surface area contributed by atoms with Crippen molar-refractivity contribution in [3.63, 3.8) is 0 Å². The normalized spacial score (nSPS) is 15.2. The van der Waals surface area contributed by atoms with Crippen LogP contribution < -0.4 is 10.6 Å². The molecule has 7 nitrogen and oxygen atoms in total. The Balaban J connectivity index is 1.52. The Hall–Kier alpha value is -3.56. The quantitative estimate of drug-likeness (QED) is 0.397. The predicted molar refractivity (Wildman–Crippen MR) is 141 cm³/mol. The minimum atomic E-state index is -2.52. The molecule has 5 rings (SSSR count). The number of nitrogens with one attached hydrogen (secondary N) is 1. The lowest BCUT2D eigenvalue weighted by Crippen LogP contribution is -2.39. The molecule has 0 radical (unpaired) electrons. The number of anilines is 1. The molecule has 1 aliphatic heterocycles. The number of halogens is 2. The van der Waals surface area contributed by atoms with Gasteiger partial charge in [-0.1, -0.05) is 29.8 Å². The lowest BCUT2D eigenvalue weighted by Gasteiger charge is -2.30. The third-order valence-electron chi connectivity index (χ3n) is 6.44. The van der Waals surface area contributed by atoms with Crippen molar-refractivity contribution in [2.75, 3.05) is 29.5 Å². The van der Waals surface area contributed by atoms with Crippen molar-refractivity contribution in [3.8, 4) is 33.7 Å². The Kier molecular flexibility index (Phi) is 6.13. The topological polar surface area (TPSA) is 91.3 Å². The van der Waals surface area contributed by atoms with Crippen molar-refractivity contribution in [2.24, 2.45) is 7.05 Å². The monoisotopic (exact) mass is 526 g/mol. The number of phenolic OH excluding ortho intramolecular Hbond substituents is 1. The molecule has 3 aromatic carbocycles. The standard InChI is InChI=1S/C26H24ClFN4O3S/c1-30-7-8-32(26(30)34)24-6-5-18(14-23(24)27)22-16-19(28)15-21(25(22)33)17-3-2-4-20(13-17)31-9-11-36(29,35)12-10-31/h2-8,13-16,29,33H,9-12H2,1H3. The molecular weight excluding hydrogens is 503 g/mol. The maximum atomic E-state index is 14.8. The number of hydrogen-bond donors (Lipinski definition) is 2. The Labute approximate surface area is 213 Å². The Morgan fingerprint density at radius 3 is 2.28 bits per heavy atom. The third-order valence-corrected chi connectivity index (χ3v) is 8.43. The second-order valence-electron chi connectivity index (χ2n) is 8.83. The number of aromatic nitrogens is 2. The zero-order valence-electron chi connectivity index (χ0n) is 19.4. The van der Waals surface area contributed by atoms with Crippen LogP contribution in [0.15, 0.2) is 71.8 Å². The van der Waals surface area contributed by atoms with Gasteiger partial charge in [0.25, 0.3) is 0 Å². The number of imidazole rings is 1. The first-order valence-corrected chi connectivity index (χ1v) is 13.6. The molecule has 1 fully saturated rings. The SMILES string of the molecule is Cn1ccn(-c2ccc(-c3cc(F)cc(-c4cccc(N5CCS(=N)(=O)CC5)c4)c3O)cc2Cl)c1=O. The van der Waals surface area contributed by atoms with E-state index >= 15 is 0 Å². The molecule has 186 valence electrons. The summed E-state index contributed by atoms with van der Waals surface area (Å²) < 4.78 is 37.4. The average molecular weight is 527 g/mol. The van der Waals surface area contributed by atoms with Crippen LogP contribution in [0.1, 0.15) is 0 Å². The van der Waals surface area contributed by atoms with E-state index in [4.69, 9.17) is 16.4 Å². The molecular formula is C26H24ClFN4O3S. The van der Waals surface area contributed by atoms with E-state index in [0.29, 0.717) is 47.0 Å². The highest BCUT2D eigenvalue weighted by Gasteiger charge is 2.21. The van der Waals surface area contributed by atoms with Gasteiger partial charge >= 0.3 is 5.69 Å². The molecule has 0 spiro atoms. The lowest BCUT2D eigenvalue weighted by molar-refractivity contribution is 0.477. The van der Waals surface area contributed by atoms with Crippen molar-refractivity contribution >= 4 is 27.0 Å². The largest absolute Gasteiger partial charge is 0.507 e. The summed E-state index contributed by atoms with van der Waals surface area (Å²) in [5.74, 6) is -0.00616. The third kappa shape index (κ3) is 4.52. The molecule has 0 saturated carbocycles. The second-order valence-corrected chi connectivity index (χ2v) is 11.7. The van der Waals surface area contributed by atoms with Crippen LogP contribution in [0.5, 0.6) is 5.75 Å². The van der Waals surface area contributed by atoms with Gasteiger partial charge in [0.2, 0.25) is 0 Å². The maximum Gasteiger partial charge on any atom is 0.332 e. The molecule has 1 aliphatic rings. The Bertz CT molecular complexity index is 1630. The van der Waals surface area contributed by atoms with Crippen LogP contribution in [0.2, 0.25) is 5.02 Å². The first-order valence-electron chi connectivity index (χ1n) is 11.3. The van der Waals surface area contributed by atoms with E-state index in [2.05, 4.69) is 0 Å². The molecule has 36 heavy (non-hydrogen) atoms. The van der Waals surface area contributed by atoms with Crippen LogP contribution >= 0.6 is 11.6 Å². The highest BCUT2D eigenvalue weighted by molar-refractivity contribution is 7.92. The van der Waals surface area contributed by atoms with E-state index in [9.17, 15) is 18.5 Å². The second kappa shape index (κ2) is 9.15. The first kappa shape index (κ1) is 24.1. The van der Waals surface area contributed by atoms with Crippen LogP contribution in [0.3, 0.4) is 0 Å². The molecule has 1 saturated heterocycles. The minimum absolute atomic E-state index is 0.0953. The van der Waals surface area contributed by atoms with Gasteiger partial charge in [-0.25, -0.2) is 13.4 Å². The number of benzene rings is 3. The van der Waals surface area contributed by atoms with Gasteiger partial charge in [-0.15, -0.1) is 0 Å². The molecule has 4 aromatic rings. The zero-order valence-corrected chi connectivity index (χ0v) is 21.0. The molecule has 10 heteroatoms. The number of aryl methyl sites for hydroxylation is 1. The van der Waals surface area contributed by atoms with Gasteiger partial charge in [0.05, 0.1) is 10.7 Å². The summed E-state index contributed by atoms with van der Waals surface area (Å²) in [6, 6.07) is 14.8. The van der Waals surface area contributed by atoms with Crippen LogP contribution in [0, 0.1) is 10.6 Å². The van der Waals surface area contributed by atoms with Gasteiger partial charge in [-0.2, -0.15) is 0 Å². The average Bonchev–Trinajstić information content (AvgIpc) is 3.18. The van der Waals surface area contributed by atoms with Crippen LogP contribution in [-0.2, 0) is 16.8 Å². The summed E-state index contributed by atoms with van der Waals surface area (Å²) in [5, 5.41) is 11.5. The molecule has 0 amide bonds. The van der Waals surface area contributed by atoms with E-state index in [1.54, 1.807) is 43.7 Å². The molecule has 2 N–H and O–H groups in total. The van der Waals surface area contributed by atoms with Gasteiger partial charge in [0, 0.05) is 70.6 Å². The van der Waals surface area contributed by atoms with Gasteiger partial charge in [0.15, 0.2) is 0 Å². The van der Waals surface area contributed by atoms with Crippen molar-refractivity contribution < 1.29 is 13.7 Å². The molecule has 0 atom stereocenters. The highest BCUT2D eigenvalue weighted by Crippen LogP contribution is 2.41. The van der Waals surface area contributed by atoms with Gasteiger partial charge < -0.3 is 14.6 Å². The van der Waals surface area contributed by atoms with E-state index in [-0.39, 0.29) is 22.0 Å². The molecule has 0 aliphatic carbocycles. The fourth-order valence-electron chi connectivity index (χ4n) is 4.41. The van der Waals surface area contributed by atoms with Crippen molar-refractivity contribution in [1.29, 1.82) is 4.78 Å². The summed E-state index contributed by atoms with van der Waals surface area (Å²) in [7, 11) is -0.882. The summed E-state index contributed by atoms with van der Waals surface area (Å²) in [6.45, 7) is 1.00. The molecule has 0 bridgehead atoms. The van der Waals surface area contributed by atoms with E-state index < -0.39 is 15.5 Å². The van der Waals surface area contributed by atoms with E-state index in [1.165, 1.54) is 21.3 Å². The first-order chi connectivity index (χ1) is 17.1. The van der Waals surface area contributed by atoms with Crippen LogP contribution in [0.25, 0.3) is 27.9 Å². The Morgan fingerprint density at radius 2 is 1.67 bits per heavy atom. The van der Waals surface area contributed by atoms with Crippen molar-refractivity contribution in [2.45, 2.75) is 0 Å². The van der Waals surface area contributed by atoms with Crippen molar-refractivity contribution in [1.82, 2.24) is 9.13 Å². The number of hydrogen-bond acceptors (Lipinski definition) is 5. The molecule has 0 unspecified atom stereocenters. The number of rotatable bonds is 4.